The summed E-state index contributed by atoms with van der Waals surface area (Å²) in [5.74, 6) is -6.36. The second kappa shape index (κ2) is 3.14. The summed E-state index contributed by atoms with van der Waals surface area (Å²) in [4.78, 5) is 0. The maximum atomic E-state index is 13.3. The summed E-state index contributed by atoms with van der Waals surface area (Å²) in [5, 5.41) is 18.2. The number of halogens is 2. The van der Waals surface area contributed by atoms with Crippen molar-refractivity contribution in [2.45, 2.75) is 51.7 Å². The van der Waals surface area contributed by atoms with Crippen molar-refractivity contribution in [1.29, 1.82) is 0 Å². The average Bonchev–Trinajstić information content (AvgIpc) is 1.92. The van der Waals surface area contributed by atoms with Crippen molar-refractivity contribution in [1.82, 2.24) is 0 Å². The minimum atomic E-state index is -3.39. The maximum absolute atomic E-state index is 13.3. The lowest BCUT2D eigenvalue weighted by atomic mass is 9.69. The molecule has 0 bridgehead atoms. The Morgan fingerprint density at radius 3 is 2.07 bits per heavy atom. The van der Waals surface area contributed by atoms with E-state index in [2.05, 4.69) is 0 Å². The predicted octanol–water partition coefficient (Wildman–Crippen LogP) is 2.15. The summed E-state index contributed by atoms with van der Waals surface area (Å²) in [7, 11) is 0. The quantitative estimate of drug-likeness (QED) is 0.599. The van der Waals surface area contributed by atoms with Gasteiger partial charge in [0.2, 0.25) is 5.79 Å². The van der Waals surface area contributed by atoms with E-state index in [1.165, 1.54) is 0 Å². The van der Waals surface area contributed by atoms with E-state index in [4.69, 9.17) is 10.2 Å². The van der Waals surface area contributed by atoms with Gasteiger partial charge in [0, 0.05) is 12.8 Å². The molecule has 0 heterocycles. The van der Waals surface area contributed by atoms with Gasteiger partial charge in [-0.25, -0.2) is 8.78 Å². The van der Waals surface area contributed by atoms with Gasteiger partial charge < -0.3 is 10.2 Å². The molecule has 4 heteroatoms. The van der Waals surface area contributed by atoms with Gasteiger partial charge in [0.1, 0.15) is 0 Å². The zero-order valence-corrected chi connectivity index (χ0v) is 8.85. The van der Waals surface area contributed by atoms with Crippen LogP contribution in [0.5, 0.6) is 0 Å². The smallest absolute Gasteiger partial charge is 0.300 e. The number of alkyl halides is 2. The minimum Gasteiger partial charge on any atom is -0.361 e. The van der Waals surface area contributed by atoms with Crippen molar-refractivity contribution < 1.29 is 19.0 Å². The third-order valence-electron chi connectivity index (χ3n) is 3.15. The van der Waals surface area contributed by atoms with Gasteiger partial charge in [-0.1, -0.05) is 20.8 Å². The molecule has 1 aliphatic rings. The van der Waals surface area contributed by atoms with Gasteiger partial charge in [-0.2, -0.15) is 0 Å². The number of hydrogen-bond donors (Lipinski definition) is 2. The standard InChI is InChI=1S/C10H18F2O2/c1-8(2,3)7-4-5-10(13,14)9(11,12)6-7/h7,13-14H,4-6H2,1-3H3. The molecule has 0 amide bonds. The van der Waals surface area contributed by atoms with E-state index in [9.17, 15) is 8.78 Å². The van der Waals surface area contributed by atoms with Crippen LogP contribution in [-0.2, 0) is 0 Å². The van der Waals surface area contributed by atoms with Crippen molar-refractivity contribution in [3.8, 4) is 0 Å². The molecule has 84 valence electrons. The molecule has 1 aliphatic carbocycles. The summed E-state index contributed by atoms with van der Waals surface area (Å²) in [6, 6.07) is 0. The van der Waals surface area contributed by atoms with Gasteiger partial charge in [0.15, 0.2) is 0 Å². The number of rotatable bonds is 0. The molecule has 1 fully saturated rings. The summed E-state index contributed by atoms with van der Waals surface area (Å²) < 4.78 is 26.5. The molecule has 0 aromatic heterocycles. The molecule has 1 unspecified atom stereocenters. The summed E-state index contributed by atoms with van der Waals surface area (Å²) >= 11 is 0. The Hall–Kier alpha value is -0.220. The van der Waals surface area contributed by atoms with Gasteiger partial charge in [-0.15, -0.1) is 0 Å². The number of aliphatic hydroxyl groups is 2. The Labute approximate surface area is 82.9 Å². The summed E-state index contributed by atoms with van der Waals surface area (Å²) in [6.45, 7) is 5.69. The first kappa shape index (κ1) is 11.9. The van der Waals surface area contributed by atoms with E-state index >= 15 is 0 Å². The third-order valence-corrected chi connectivity index (χ3v) is 3.15. The van der Waals surface area contributed by atoms with E-state index < -0.39 is 18.1 Å². The highest BCUT2D eigenvalue weighted by Crippen LogP contribution is 2.48. The lowest BCUT2D eigenvalue weighted by Gasteiger charge is -2.43. The largest absolute Gasteiger partial charge is 0.361 e. The summed E-state index contributed by atoms with van der Waals surface area (Å²) in [5.41, 5.74) is -0.208. The van der Waals surface area contributed by atoms with Crippen LogP contribution in [0.25, 0.3) is 0 Å². The molecule has 1 atom stereocenters. The average molecular weight is 208 g/mol. The molecule has 0 aliphatic heterocycles. The second-order valence-electron chi connectivity index (χ2n) is 5.33. The highest BCUT2D eigenvalue weighted by atomic mass is 19.3. The fourth-order valence-corrected chi connectivity index (χ4v) is 1.87. The normalized spacial score (nSPS) is 31.5. The molecule has 0 aromatic carbocycles. The zero-order valence-electron chi connectivity index (χ0n) is 8.85. The first-order valence-corrected chi connectivity index (χ1v) is 4.89. The van der Waals surface area contributed by atoms with E-state index in [1.807, 2.05) is 20.8 Å². The van der Waals surface area contributed by atoms with Gasteiger partial charge in [-0.3, -0.25) is 0 Å². The topological polar surface area (TPSA) is 40.5 Å². The Balaban J connectivity index is 2.78. The molecule has 14 heavy (non-hydrogen) atoms. The van der Waals surface area contributed by atoms with Gasteiger partial charge in [0.05, 0.1) is 0 Å². The van der Waals surface area contributed by atoms with E-state index in [0.29, 0.717) is 6.42 Å². The van der Waals surface area contributed by atoms with Crippen LogP contribution in [-0.4, -0.2) is 21.9 Å². The van der Waals surface area contributed by atoms with Crippen LogP contribution in [0, 0.1) is 11.3 Å². The van der Waals surface area contributed by atoms with Crippen molar-refractivity contribution in [3.05, 3.63) is 0 Å². The van der Waals surface area contributed by atoms with Crippen LogP contribution < -0.4 is 0 Å². The van der Waals surface area contributed by atoms with Crippen LogP contribution >= 0.6 is 0 Å². The van der Waals surface area contributed by atoms with Gasteiger partial charge in [-0.05, 0) is 17.8 Å². The van der Waals surface area contributed by atoms with Crippen molar-refractivity contribution in [2.75, 3.05) is 0 Å². The Kier molecular flexibility index (Phi) is 2.66. The van der Waals surface area contributed by atoms with E-state index in [0.717, 1.165) is 0 Å². The van der Waals surface area contributed by atoms with Crippen molar-refractivity contribution in [2.24, 2.45) is 11.3 Å². The summed E-state index contributed by atoms with van der Waals surface area (Å²) in [6.07, 6.45) is -0.252. The van der Waals surface area contributed by atoms with Gasteiger partial charge in [0.25, 0.3) is 0 Å². The first-order valence-electron chi connectivity index (χ1n) is 4.89. The first-order chi connectivity index (χ1) is 6.06. The molecule has 2 N–H and O–H groups in total. The molecule has 0 aromatic rings. The van der Waals surface area contributed by atoms with Gasteiger partial charge >= 0.3 is 5.92 Å². The maximum Gasteiger partial charge on any atom is 0.300 e. The minimum absolute atomic E-state index is 0.162. The fraction of sp³-hybridized carbons (Fsp3) is 1.00. The molecule has 1 rings (SSSR count). The molecule has 0 saturated heterocycles. The van der Waals surface area contributed by atoms with Crippen LogP contribution in [0.3, 0.4) is 0 Å². The zero-order chi connectivity index (χ0) is 11.2. The van der Waals surface area contributed by atoms with Crippen molar-refractivity contribution in [3.63, 3.8) is 0 Å². The highest BCUT2D eigenvalue weighted by Gasteiger charge is 2.56. The lowest BCUT2D eigenvalue weighted by molar-refractivity contribution is -0.320. The Morgan fingerprint density at radius 2 is 1.71 bits per heavy atom. The number of hydrogen-bond acceptors (Lipinski definition) is 2. The van der Waals surface area contributed by atoms with Crippen LogP contribution in [0.15, 0.2) is 0 Å². The molecule has 0 radical (unpaired) electrons. The second-order valence-corrected chi connectivity index (χ2v) is 5.33. The fourth-order valence-electron chi connectivity index (χ4n) is 1.87. The monoisotopic (exact) mass is 208 g/mol. The Morgan fingerprint density at radius 1 is 1.21 bits per heavy atom. The van der Waals surface area contributed by atoms with Crippen LogP contribution in [0.2, 0.25) is 0 Å². The molecule has 2 nitrogen and oxygen atoms in total. The SMILES string of the molecule is CC(C)(C)C1CCC(O)(O)C(F)(F)C1. The van der Waals surface area contributed by atoms with Crippen LogP contribution in [0.1, 0.15) is 40.0 Å². The Bertz CT molecular complexity index is 219. The molecular weight excluding hydrogens is 190 g/mol. The van der Waals surface area contributed by atoms with Crippen LogP contribution in [0.4, 0.5) is 8.78 Å². The predicted molar refractivity (Wildman–Crippen MR) is 48.9 cm³/mol. The van der Waals surface area contributed by atoms with E-state index in [-0.39, 0.29) is 17.8 Å². The van der Waals surface area contributed by atoms with Crippen molar-refractivity contribution >= 4 is 0 Å². The molecule has 1 saturated carbocycles. The van der Waals surface area contributed by atoms with E-state index in [1.54, 1.807) is 0 Å². The molecule has 0 spiro atoms. The highest BCUT2D eigenvalue weighted by molar-refractivity contribution is 4.94. The third kappa shape index (κ3) is 2.06. The lowest BCUT2D eigenvalue weighted by Crippen LogP contribution is -2.53. The molecular formula is C10H18F2O2.